The van der Waals surface area contributed by atoms with Crippen LogP contribution in [-0.4, -0.2) is 18.6 Å². The second-order valence-corrected chi connectivity index (χ2v) is 4.33. The minimum atomic E-state index is -0.242. The van der Waals surface area contributed by atoms with Crippen LogP contribution in [0.4, 0.5) is 4.39 Å². The number of benzene rings is 1. The lowest BCUT2D eigenvalue weighted by atomic mass is 10.2. The Hall–Kier alpha value is -0.250. The zero-order valence-corrected chi connectivity index (χ0v) is 9.59. The zero-order valence-electron chi connectivity index (χ0n) is 8.02. The molecule has 1 nitrogen and oxygen atoms in total. The number of hydrogen-bond acceptors (Lipinski definition) is 2. The van der Waals surface area contributed by atoms with Gasteiger partial charge in [-0.15, -0.1) is 0 Å². The molecule has 0 aromatic heterocycles. The van der Waals surface area contributed by atoms with Gasteiger partial charge in [0.25, 0.3) is 0 Å². The largest absolute Gasteiger partial charge is 0.312 e. The van der Waals surface area contributed by atoms with Crippen molar-refractivity contribution in [3.63, 3.8) is 0 Å². The lowest BCUT2D eigenvalue weighted by Crippen LogP contribution is -2.17. The summed E-state index contributed by atoms with van der Waals surface area (Å²) in [6.07, 6.45) is 2.05. The molecule has 78 valence electrons. The predicted octanol–water partition coefficient (Wildman–Crippen LogP) is 2.93. The van der Waals surface area contributed by atoms with Crippen molar-refractivity contribution in [2.24, 2.45) is 0 Å². The van der Waals surface area contributed by atoms with Gasteiger partial charge in [-0.25, -0.2) is 4.39 Å². The van der Waals surface area contributed by atoms with Gasteiger partial charge in [-0.3, -0.25) is 0 Å². The molecule has 1 rings (SSSR count). The summed E-state index contributed by atoms with van der Waals surface area (Å²) in [6.45, 7) is 1.45. The normalized spacial score (nSPS) is 10.5. The molecule has 0 amide bonds. The van der Waals surface area contributed by atoms with Gasteiger partial charge in [0.05, 0.1) is 0 Å². The van der Waals surface area contributed by atoms with Gasteiger partial charge in [-0.1, -0.05) is 17.7 Å². The first-order valence-corrected chi connectivity index (χ1v) is 6.15. The lowest BCUT2D eigenvalue weighted by Gasteiger charge is -2.05. The molecular formula is C10H13ClFNS. The molecular weight excluding hydrogens is 221 g/mol. The van der Waals surface area contributed by atoms with Crippen LogP contribution in [0.2, 0.25) is 5.02 Å². The van der Waals surface area contributed by atoms with E-state index in [4.69, 9.17) is 11.6 Å². The topological polar surface area (TPSA) is 12.0 Å². The second-order valence-electron chi connectivity index (χ2n) is 2.91. The van der Waals surface area contributed by atoms with Gasteiger partial charge in [0.2, 0.25) is 0 Å². The van der Waals surface area contributed by atoms with Gasteiger partial charge in [0, 0.05) is 29.4 Å². The van der Waals surface area contributed by atoms with E-state index in [-0.39, 0.29) is 5.82 Å². The fourth-order valence-electron chi connectivity index (χ4n) is 1.06. The predicted molar refractivity (Wildman–Crippen MR) is 61.5 cm³/mol. The molecule has 0 aliphatic rings. The van der Waals surface area contributed by atoms with E-state index < -0.39 is 0 Å². The first-order chi connectivity index (χ1) is 6.74. The van der Waals surface area contributed by atoms with Crippen LogP contribution < -0.4 is 5.32 Å². The van der Waals surface area contributed by atoms with Crippen molar-refractivity contribution in [1.29, 1.82) is 0 Å². The molecule has 0 spiro atoms. The minimum absolute atomic E-state index is 0.242. The highest BCUT2D eigenvalue weighted by molar-refractivity contribution is 7.98. The Morgan fingerprint density at radius 1 is 1.50 bits per heavy atom. The average Bonchev–Trinajstić information content (AvgIpc) is 2.15. The molecule has 1 aromatic carbocycles. The van der Waals surface area contributed by atoms with Gasteiger partial charge in [-0.2, -0.15) is 11.8 Å². The van der Waals surface area contributed by atoms with E-state index in [0.29, 0.717) is 17.1 Å². The van der Waals surface area contributed by atoms with Crippen LogP contribution in [0.5, 0.6) is 0 Å². The Bertz CT molecular complexity index is 293. The number of halogens is 2. The van der Waals surface area contributed by atoms with Crippen molar-refractivity contribution in [3.8, 4) is 0 Å². The van der Waals surface area contributed by atoms with E-state index in [0.717, 1.165) is 12.3 Å². The number of hydrogen-bond donors (Lipinski definition) is 1. The van der Waals surface area contributed by atoms with Crippen molar-refractivity contribution in [2.45, 2.75) is 6.54 Å². The molecule has 0 fully saturated rings. The second kappa shape index (κ2) is 6.27. The van der Waals surface area contributed by atoms with E-state index in [2.05, 4.69) is 5.32 Å². The van der Waals surface area contributed by atoms with E-state index in [1.54, 1.807) is 23.9 Å². The molecule has 4 heteroatoms. The SMILES string of the molecule is CSCCNCc1ccc(Cl)cc1F. The molecule has 0 aliphatic carbocycles. The third kappa shape index (κ3) is 3.86. The highest BCUT2D eigenvalue weighted by Gasteiger charge is 2.01. The van der Waals surface area contributed by atoms with Crippen LogP contribution in [0.1, 0.15) is 5.56 Å². The van der Waals surface area contributed by atoms with Crippen molar-refractivity contribution in [3.05, 3.63) is 34.6 Å². The maximum Gasteiger partial charge on any atom is 0.129 e. The summed E-state index contributed by atoms with van der Waals surface area (Å²) in [5, 5.41) is 3.60. The van der Waals surface area contributed by atoms with Crippen LogP contribution in [0.25, 0.3) is 0 Å². The molecule has 0 radical (unpaired) electrons. The molecule has 0 saturated carbocycles. The Balaban J connectivity index is 2.42. The standard InChI is InChI=1S/C10H13ClFNS/c1-14-5-4-13-7-8-2-3-9(11)6-10(8)12/h2-3,6,13H,4-5,7H2,1H3. The highest BCUT2D eigenvalue weighted by Crippen LogP contribution is 2.14. The summed E-state index contributed by atoms with van der Waals surface area (Å²) in [5.74, 6) is 0.795. The van der Waals surface area contributed by atoms with Crippen molar-refractivity contribution < 1.29 is 4.39 Å². The van der Waals surface area contributed by atoms with Gasteiger partial charge < -0.3 is 5.32 Å². The Labute approximate surface area is 93.0 Å². The fraction of sp³-hybridized carbons (Fsp3) is 0.400. The summed E-state index contributed by atoms with van der Waals surface area (Å²) >= 11 is 7.40. The summed E-state index contributed by atoms with van der Waals surface area (Å²) in [4.78, 5) is 0. The summed E-state index contributed by atoms with van der Waals surface area (Å²) < 4.78 is 13.2. The minimum Gasteiger partial charge on any atom is -0.312 e. The summed E-state index contributed by atoms with van der Waals surface area (Å²) in [7, 11) is 0. The number of thioether (sulfide) groups is 1. The first kappa shape index (κ1) is 11.8. The van der Waals surface area contributed by atoms with Crippen molar-refractivity contribution in [1.82, 2.24) is 5.32 Å². The maximum atomic E-state index is 13.2. The smallest absolute Gasteiger partial charge is 0.129 e. The molecule has 0 bridgehead atoms. The maximum absolute atomic E-state index is 13.2. The Morgan fingerprint density at radius 3 is 2.93 bits per heavy atom. The Kier molecular flexibility index (Phi) is 5.30. The quantitative estimate of drug-likeness (QED) is 0.785. The summed E-state index contributed by atoms with van der Waals surface area (Å²) in [6, 6.07) is 4.76. The van der Waals surface area contributed by atoms with Crippen LogP contribution >= 0.6 is 23.4 Å². The van der Waals surface area contributed by atoms with Gasteiger partial charge in [0.1, 0.15) is 5.82 Å². The summed E-state index contributed by atoms with van der Waals surface area (Å²) in [5.41, 5.74) is 0.663. The third-order valence-corrected chi connectivity index (χ3v) is 2.66. The monoisotopic (exact) mass is 233 g/mol. The molecule has 1 aromatic rings. The lowest BCUT2D eigenvalue weighted by molar-refractivity contribution is 0.594. The Morgan fingerprint density at radius 2 is 2.29 bits per heavy atom. The van der Waals surface area contributed by atoms with E-state index in [1.165, 1.54) is 6.07 Å². The molecule has 0 atom stereocenters. The molecule has 0 saturated heterocycles. The molecule has 0 aliphatic heterocycles. The molecule has 0 unspecified atom stereocenters. The van der Waals surface area contributed by atoms with Gasteiger partial charge in [-0.05, 0) is 18.4 Å². The average molecular weight is 234 g/mol. The van der Waals surface area contributed by atoms with Crippen molar-refractivity contribution in [2.75, 3.05) is 18.6 Å². The number of nitrogens with one attached hydrogen (secondary N) is 1. The van der Waals surface area contributed by atoms with E-state index in [9.17, 15) is 4.39 Å². The van der Waals surface area contributed by atoms with Crippen LogP contribution in [0.3, 0.4) is 0 Å². The molecule has 1 N–H and O–H groups in total. The molecule has 14 heavy (non-hydrogen) atoms. The zero-order chi connectivity index (χ0) is 10.4. The molecule has 0 heterocycles. The van der Waals surface area contributed by atoms with Crippen LogP contribution in [0.15, 0.2) is 18.2 Å². The van der Waals surface area contributed by atoms with E-state index >= 15 is 0 Å². The highest BCUT2D eigenvalue weighted by atomic mass is 35.5. The third-order valence-electron chi connectivity index (χ3n) is 1.81. The van der Waals surface area contributed by atoms with Gasteiger partial charge >= 0.3 is 0 Å². The first-order valence-electron chi connectivity index (χ1n) is 4.37. The van der Waals surface area contributed by atoms with Crippen LogP contribution in [-0.2, 0) is 6.54 Å². The van der Waals surface area contributed by atoms with E-state index in [1.807, 2.05) is 6.26 Å². The fourth-order valence-corrected chi connectivity index (χ4v) is 1.57. The van der Waals surface area contributed by atoms with Crippen molar-refractivity contribution >= 4 is 23.4 Å². The van der Waals surface area contributed by atoms with Gasteiger partial charge in [0.15, 0.2) is 0 Å². The number of rotatable bonds is 5. The van der Waals surface area contributed by atoms with Crippen LogP contribution in [0, 0.1) is 5.82 Å².